The van der Waals surface area contributed by atoms with Gasteiger partial charge in [0.2, 0.25) is 5.91 Å². The number of carbonyl (C=O) groups is 2. The number of aromatic amines is 1. The molecule has 1 atom stereocenters. The number of nitrogens with zero attached hydrogens (tertiary/aromatic N) is 2. The summed E-state index contributed by atoms with van der Waals surface area (Å²) < 4.78 is 5.42. The van der Waals surface area contributed by atoms with Crippen LogP contribution < -0.4 is 10.2 Å². The standard InChI is InChI=1S/C25H26N4O3S/c1-16(30)26-13-20-14-29(25(31)32-20)19-10-11-21-18(12-19)8-5-9-22-23(21)27-28-24(22)33-15-17-6-3-2-4-7-17/h2-4,6-7,10-12,20H,5,8-9,13-15H2,1H3,(H,26,30)(H,27,28). The Morgan fingerprint density at radius 1 is 1.24 bits per heavy atom. The molecule has 8 heteroatoms. The van der Waals surface area contributed by atoms with Crippen molar-refractivity contribution in [1.29, 1.82) is 0 Å². The van der Waals surface area contributed by atoms with Crippen molar-refractivity contribution in [3.05, 3.63) is 65.2 Å². The second-order valence-corrected chi connectivity index (χ2v) is 9.37. The first-order valence-corrected chi connectivity index (χ1v) is 12.2. The number of thioether (sulfide) groups is 1. The Bertz CT molecular complexity index is 1180. The average Bonchev–Trinajstić information content (AvgIpc) is 3.34. The summed E-state index contributed by atoms with van der Waals surface area (Å²) in [4.78, 5) is 25.2. The van der Waals surface area contributed by atoms with Crippen LogP contribution in [-0.4, -0.2) is 41.4 Å². The first kappa shape index (κ1) is 21.6. The van der Waals surface area contributed by atoms with E-state index in [0.29, 0.717) is 13.1 Å². The molecular formula is C25H26N4O3S. The molecule has 2 N–H and O–H groups in total. The van der Waals surface area contributed by atoms with Gasteiger partial charge < -0.3 is 10.1 Å². The fourth-order valence-electron chi connectivity index (χ4n) is 4.40. The van der Waals surface area contributed by atoms with E-state index < -0.39 is 0 Å². The molecule has 1 aliphatic carbocycles. The SMILES string of the molecule is CC(=O)NCC1CN(c2ccc3c(c2)CCCc2c(SCc4ccccc4)n[nH]c2-3)C(=O)O1. The summed E-state index contributed by atoms with van der Waals surface area (Å²) in [5.41, 5.74) is 6.81. The lowest BCUT2D eigenvalue weighted by molar-refractivity contribution is -0.119. The molecule has 0 radical (unpaired) electrons. The lowest BCUT2D eigenvalue weighted by Crippen LogP contribution is -2.33. The summed E-state index contributed by atoms with van der Waals surface area (Å²) in [5, 5.41) is 11.7. The highest BCUT2D eigenvalue weighted by Gasteiger charge is 2.33. The third-order valence-electron chi connectivity index (χ3n) is 6.04. The van der Waals surface area contributed by atoms with Gasteiger partial charge in [0.15, 0.2) is 0 Å². The highest BCUT2D eigenvalue weighted by atomic mass is 32.2. The molecule has 2 aromatic carbocycles. The quantitative estimate of drug-likeness (QED) is 0.533. The molecule has 1 aliphatic heterocycles. The first-order chi connectivity index (χ1) is 16.1. The molecule has 0 bridgehead atoms. The number of amides is 2. The van der Waals surface area contributed by atoms with Crippen molar-refractivity contribution in [2.24, 2.45) is 0 Å². The number of anilines is 1. The van der Waals surface area contributed by atoms with E-state index >= 15 is 0 Å². The Morgan fingerprint density at radius 2 is 2.09 bits per heavy atom. The molecule has 0 saturated carbocycles. The van der Waals surface area contributed by atoms with E-state index in [1.807, 2.05) is 12.1 Å². The predicted octanol–water partition coefficient (Wildman–Crippen LogP) is 4.32. The zero-order chi connectivity index (χ0) is 22.8. The minimum absolute atomic E-state index is 0.133. The lowest BCUT2D eigenvalue weighted by Gasteiger charge is -2.16. The monoisotopic (exact) mass is 462 g/mol. The molecule has 2 amide bonds. The van der Waals surface area contributed by atoms with Gasteiger partial charge in [0, 0.05) is 29.5 Å². The number of nitrogens with one attached hydrogen (secondary N) is 2. The van der Waals surface area contributed by atoms with Crippen molar-refractivity contribution < 1.29 is 14.3 Å². The van der Waals surface area contributed by atoms with Gasteiger partial charge in [-0.2, -0.15) is 5.10 Å². The zero-order valence-electron chi connectivity index (χ0n) is 18.5. The van der Waals surface area contributed by atoms with Crippen LogP contribution in [0.3, 0.4) is 0 Å². The molecule has 1 aromatic heterocycles. The van der Waals surface area contributed by atoms with E-state index in [4.69, 9.17) is 4.74 Å². The molecule has 5 rings (SSSR count). The van der Waals surface area contributed by atoms with Crippen LogP contribution in [0.5, 0.6) is 0 Å². The molecule has 7 nitrogen and oxygen atoms in total. The van der Waals surface area contributed by atoms with Gasteiger partial charge in [-0.25, -0.2) is 4.79 Å². The topological polar surface area (TPSA) is 87.3 Å². The molecule has 170 valence electrons. The average molecular weight is 463 g/mol. The van der Waals surface area contributed by atoms with E-state index in [2.05, 4.69) is 51.9 Å². The summed E-state index contributed by atoms with van der Waals surface area (Å²) in [6, 6.07) is 16.6. The minimum atomic E-state index is -0.374. The van der Waals surface area contributed by atoms with E-state index in [0.717, 1.165) is 47.0 Å². The smallest absolute Gasteiger partial charge is 0.414 e. The first-order valence-electron chi connectivity index (χ1n) is 11.2. The number of aryl methyl sites for hydroxylation is 1. The van der Waals surface area contributed by atoms with Crippen LogP contribution in [0.4, 0.5) is 10.5 Å². The Balaban J connectivity index is 1.35. The maximum Gasteiger partial charge on any atom is 0.414 e. The van der Waals surface area contributed by atoms with Crippen LogP contribution in [0, 0.1) is 0 Å². The molecule has 1 unspecified atom stereocenters. The molecule has 2 heterocycles. The van der Waals surface area contributed by atoms with Gasteiger partial charge in [-0.1, -0.05) is 48.2 Å². The highest BCUT2D eigenvalue weighted by Crippen LogP contribution is 2.38. The van der Waals surface area contributed by atoms with Gasteiger partial charge in [-0.15, -0.1) is 0 Å². The molecular weight excluding hydrogens is 436 g/mol. The number of carbonyl (C=O) groups excluding carboxylic acids is 2. The number of ether oxygens (including phenoxy) is 1. The molecule has 1 fully saturated rings. The second-order valence-electron chi connectivity index (χ2n) is 8.41. The van der Waals surface area contributed by atoms with Crippen molar-refractivity contribution in [2.75, 3.05) is 18.0 Å². The van der Waals surface area contributed by atoms with Crippen LogP contribution >= 0.6 is 11.8 Å². The maximum atomic E-state index is 12.4. The molecule has 33 heavy (non-hydrogen) atoms. The number of H-pyrrole nitrogens is 1. The largest absolute Gasteiger partial charge is 0.442 e. The van der Waals surface area contributed by atoms with Crippen LogP contribution in [0.1, 0.15) is 30.0 Å². The number of cyclic esters (lactones) is 1. The van der Waals surface area contributed by atoms with Gasteiger partial charge >= 0.3 is 6.09 Å². The number of benzene rings is 2. The van der Waals surface area contributed by atoms with E-state index in [9.17, 15) is 9.59 Å². The van der Waals surface area contributed by atoms with Crippen LogP contribution in [-0.2, 0) is 28.1 Å². The van der Waals surface area contributed by atoms with Gasteiger partial charge in [0.25, 0.3) is 0 Å². The van der Waals surface area contributed by atoms with Crippen LogP contribution in [0.25, 0.3) is 11.3 Å². The van der Waals surface area contributed by atoms with Gasteiger partial charge in [-0.05, 0) is 42.5 Å². The summed E-state index contributed by atoms with van der Waals surface area (Å²) in [6.45, 7) is 2.20. The summed E-state index contributed by atoms with van der Waals surface area (Å²) in [5.74, 6) is 0.756. The lowest BCUT2D eigenvalue weighted by atomic mass is 10.0. The Morgan fingerprint density at radius 3 is 2.91 bits per heavy atom. The number of hydrogen-bond acceptors (Lipinski definition) is 5. The van der Waals surface area contributed by atoms with Gasteiger partial charge in [0.1, 0.15) is 11.1 Å². The number of fused-ring (bicyclic) bond motifs is 3. The van der Waals surface area contributed by atoms with E-state index in [1.54, 1.807) is 16.7 Å². The van der Waals surface area contributed by atoms with Crippen molar-refractivity contribution in [1.82, 2.24) is 15.5 Å². The Kier molecular flexibility index (Phi) is 6.09. The van der Waals surface area contributed by atoms with E-state index in [-0.39, 0.29) is 18.1 Å². The van der Waals surface area contributed by atoms with Crippen molar-refractivity contribution in [2.45, 2.75) is 43.1 Å². The van der Waals surface area contributed by atoms with Crippen molar-refractivity contribution in [3.63, 3.8) is 0 Å². The van der Waals surface area contributed by atoms with Crippen molar-refractivity contribution in [3.8, 4) is 11.3 Å². The minimum Gasteiger partial charge on any atom is -0.442 e. The summed E-state index contributed by atoms with van der Waals surface area (Å²) in [7, 11) is 0. The number of rotatable bonds is 6. The predicted molar refractivity (Wildman–Crippen MR) is 128 cm³/mol. The van der Waals surface area contributed by atoms with E-state index in [1.165, 1.54) is 23.6 Å². The third kappa shape index (κ3) is 4.61. The fourth-order valence-corrected chi connectivity index (χ4v) is 5.38. The molecule has 2 aliphatic rings. The van der Waals surface area contributed by atoms with Crippen molar-refractivity contribution >= 4 is 29.4 Å². The molecule has 3 aromatic rings. The number of aromatic nitrogens is 2. The number of hydrogen-bond donors (Lipinski definition) is 2. The van der Waals surface area contributed by atoms with Gasteiger partial charge in [0.05, 0.1) is 18.8 Å². The third-order valence-corrected chi connectivity index (χ3v) is 7.13. The highest BCUT2D eigenvalue weighted by molar-refractivity contribution is 7.98. The Labute approximate surface area is 196 Å². The summed E-state index contributed by atoms with van der Waals surface area (Å²) >= 11 is 1.77. The molecule has 1 saturated heterocycles. The van der Waals surface area contributed by atoms with Crippen LogP contribution in [0.2, 0.25) is 0 Å². The van der Waals surface area contributed by atoms with Gasteiger partial charge in [-0.3, -0.25) is 14.8 Å². The maximum absolute atomic E-state index is 12.4. The second kappa shape index (κ2) is 9.31. The molecule has 0 spiro atoms. The normalized spacial score (nSPS) is 17.2. The fraction of sp³-hybridized carbons (Fsp3) is 0.320. The Hall–Kier alpha value is -3.26. The zero-order valence-corrected chi connectivity index (χ0v) is 19.3. The summed E-state index contributed by atoms with van der Waals surface area (Å²) in [6.07, 6.45) is 2.21. The van der Waals surface area contributed by atoms with Crippen LogP contribution in [0.15, 0.2) is 53.6 Å².